The van der Waals surface area contributed by atoms with E-state index in [1.807, 2.05) is 12.1 Å². The standard InChI is InChI=1S/C18H19NO2/c20-14-7-5-13(6-8-14)17-15-3-1-2-4-16(15)18(21-17)9-11-19-12-10-18/h1-8,17,19-20H,9-12H2. The van der Waals surface area contributed by atoms with E-state index in [0.717, 1.165) is 31.5 Å². The van der Waals surface area contributed by atoms with E-state index in [1.54, 1.807) is 12.1 Å². The second-order valence-corrected chi connectivity index (χ2v) is 5.92. The van der Waals surface area contributed by atoms with Gasteiger partial charge < -0.3 is 15.2 Å². The lowest BCUT2D eigenvalue weighted by molar-refractivity contribution is -0.0798. The van der Waals surface area contributed by atoms with Gasteiger partial charge in [0.1, 0.15) is 11.9 Å². The Hall–Kier alpha value is -1.84. The summed E-state index contributed by atoms with van der Waals surface area (Å²) in [5.74, 6) is 0.293. The van der Waals surface area contributed by atoms with Gasteiger partial charge >= 0.3 is 0 Å². The highest BCUT2D eigenvalue weighted by molar-refractivity contribution is 5.44. The van der Waals surface area contributed by atoms with Crippen LogP contribution in [0.25, 0.3) is 0 Å². The molecule has 0 saturated carbocycles. The molecule has 108 valence electrons. The van der Waals surface area contributed by atoms with Gasteiger partial charge in [0.05, 0.1) is 5.60 Å². The maximum Gasteiger partial charge on any atom is 0.115 e. The molecule has 1 fully saturated rings. The van der Waals surface area contributed by atoms with E-state index >= 15 is 0 Å². The smallest absolute Gasteiger partial charge is 0.115 e. The van der Waals surface area contributed by atoms with Crippen LogP contribution in [0.3, 0.4) is 0 Å². The van der Waals surface area contributed by atoms with Crippen LogP contribution in [0.15, 0.2) is 48.5 Å². The summed E-state index contributed by atoms with van der Waals surface area (Å²) in [7, 11) is 0. The molecule has 2 aromatic carbocycles. The average molecular weight is 281 g/mol. The van der Waals surface area contributed by atoms with E-state index in [9.17, 15) is 5.11 Å². The number of phenols is 1. The third-order valence-corrected chi connectivity index (χ3v) is 4.68. The van der Waals surface area contributed by atoms with Gasteiger partial charge in [-0.15, -0.1) is 0 Å². The normalized spacial score (nSPS) is 23.1. The molecule has 2 aliphatic rings. The lowest BCUT2D eigenvalue weighted by Gasteiger charge is -2.34. The molecule has 1 saturated heterocycles. The van der Waals surface area contributed by atoms with Crippen molar-refractivity contribution >= 4 is 0 Å². The third-order valence-electron chi connectivity index (χ3n) is 4.68. The van der Waals surface area contributed by atoms with Crippen LogP contribution in [0.1, 0.15) is 35.6 Å². The van der Waals surface area contributed by atoms with Crippen molar-refractivity contribution in [3.05, 3.63) is 65.2 Å². The van der Waals surface area contributed by atoms with Gasteiger partial charge in [-0.1, -0.05) is 36.4 Å². The number of fused-ring (bicyclic) bond motifs is 2. The first-order chi connectivity index (χ1) is 10.3. The third kappa shape index (κ3) is 2.04. The Kier molecular flexibility index (Phi) is 2.98. The van der Waals surface area contributed by atoms with E-state index in [2.05, 4.69) is 29.6 Å². The van der Waals surface area contributed by atoms with Crippen molar-refractivity contribution in [3.8, 4) is 5.75 Å². The number of ether oxygens (including phenoxy) is 1. The quantitative estimate of drug-likeness (QED) is 0.844. The number of aromatic hydroxyl groups is 1. The summed E-state index contributed by atoms with van der Waals surface area (Å²) in [4.78, 5) is 0. The number of phenolic OH excluding ortho intramolecular Hbond substituents is 1. The van der Waals surface area contributed by atoms with E-state index in [0.29, 0.717) is 5.75 Å². The Morgan fingerprint density at radius 1 is 1.00 bits per heavy atom. The van der Waals surface area contributed by atoms with Crippen molar-refractivity contribution in [1.82, 2.24) is 5.32 Å². The van der Waals surface area contributed by atoms with E-state index in [1.165, 1.54) is 11.1 Å². The Morgan fingerprint density at radius 3 is 2.48 bits per heavy atom. The molecule has 0 aromatic heterocycles. The van der Waals surface area contributed by atoms with Gasteiger partial charge in [0.2, 0.25) is 0 Å². The molecule has 0 amide bonds. The highest BCUT2D eigenvalue weighted by Gasteiger charge is 2.45. The minimum atomic E-state index is -0.148. The van der Waals surface area contributed by atoms with Gasteiger partial charge in [0, 0.05) is 0 Å². The molecule has 3 nitrogen and oxygen atoms in total. The summed E-state index contributed by atoms with van der Waals surface area (Å²) in [6.07, 6.45) is 2.00. The van der Waals surface area contributed by atoms with Gasteiger partial charge in [0.25, 0.3) is 0 Å². The summed E-state index contributed by atoms with van der Waals surface area (Å²) in [6, 6.07) is 15.9. The van der Waals surface area contributed by atoms with Crippen molar-refractivity contribution in [2.45, 2.75) is 24.5 Å². The molecular weight excluding hydrogens is 262 g/mol. The van der Waals surface area contributed by atoms with Crippen LogP contribution in [0.4, 0.5) is 0 Å². The maximum absolute atomic E-state index is 9.49. The molecule has 2 heterocycles. The number of hydrogen-bond donors (Lipinski definition) is 2. The van der Waals surface area contributed by atoms with Crippen molar-refractivity contribution in [3.63, 3.8) is 0 Å². The Labute approximate surface area is 124 Å². The zero-order valence-electron chi connectivity index (χ0n) is 11.9. The fraction of sp³-hybridized carbons (Fsp3) is 0.333. The molecule has 1 spiro atoms. The van der Waals surface area contributed by atoms with Gasteiger partial charge in [-0.25, -0.2) is 0 Å². The summed E-state index contributed by atoms with van der Waals surface area (Å²) in [5.41, 5.74) is 3.56. The van der Waals surface area contributed by atoms with Crippen LogP contribution < -0.4 is 5.32 Å². The molecule has 2 aromatic rings. The van der Waals surface area contributed by atoms with Crippen LogP contribution in [0.5, 0.6) is 5.75 Å². The van der Waals surface area contributed by atoms with Crippen LogP contribution in [0, 0.1) is 0 Å². The number of hydrogen-bond acceptors (Lipinski definition) is 3. The number of benzene rings is 2. The molecule has 4 rings (SSSR count). The summed E-state index contributed by atoms with van der Waals surface area (Å²) < 4.78 is 6.56. The summed E-state index contributed by atoms with van der Waals surface area (Å²) in [5, 5.41) is 12.9. The van der Waals surface area contributed by atoms with Crippen molar-refractivity contribution < 1.29 is 9.84 Å². The molecule has 21 heavy (non-hydrogen) atoms. The summed E-state index contributed by atoms with van der Waals surface area (Å²) in [6.45, 7) is 1.99. The average Bonchev–Trinajstić information content (AvgIpc) is 2.84. The van der Waals surface area contributed by atoms with Crippen molar-refractivity contribution in [2.24, 2.45) is 0 Å². The minimum Gasteiger partial charge on any atom is -0.508 e. The Morgan fingerprint density at radius 2 is 1.71 bits per heavy atom. The van der Waals surface area contributed by atoms with E-state index < -0.39 is 0 Å². The van der Waals surface area contributed by atoms with Gasteiger partial charge in [-0.2, -0.15) is 0 Å². The molecule has 1 atom stereocenters. The maximum atomic E-state index is 9.49. The second-order valence-electron chi connectivity index (χ2n) is 5.92. The topological polar surface area (TPSA) is 41.5 Å². The fourth-order valence-electron chi connectivity index (χ4n) is 3.61. The first-order valence-corrected chi connectivity index (χ1v) is 7.55. The molecule has 2 N–H and O–H groups in total. The predicted octanol–water partition coefficient (Wildman–Crippen LogP) is 3.09. The predicted molar refractivity (Wildman–Crippen MR) is 81.3 cm³/mol. The monoisotopic (exact) mass is 281 g/mol. The fourth-order valence-corrected chi connectivity index (χ4v) is 3.61. The number of nitrogens with one attached hydrogen (secondary N) is 1. The first-order valence-electron chi connectivity index (χ1n) is 7.55. The zero-order valence-corrected chi connectivity index (χ0v) is 11.9. The van der Waals surface area contributed by atoms with E-state index in [4.69, 9.17) is 4.74 Å². The number of rotatable bonds is 1. The molecule has 0 aliphatic carbocycles. The van der Waals surface area contributed by atoms with Gasteiger partial charge in [-0.3, -0.25) is 0 Å². The van der Waals surface area contributed by atoms with Gasteiger partial charge in [-0.05, 0) is 54.8 Å². The zero-order chi connectivity index (χ0) is 14.3. The van der Waals surface area contributed by atoms with Crippen LogP contribution in [-0.2, 0) is 10.3 Å². The lowest BCUT2D eigenvalue weighted by Crippen LogP contribution is -2.39. The molecule has 2 aliphatic heterocycles. The molecule has 0 radical (unpaired) electrons. The van der Waals surface area contributed by atoms with E-state index in [-0.39, 0.29) is 11.7 Å². The SMILES string of the molecule is Oc1ccc(C2OC3(CCNCC3)c3ccccc32)cc1. The number of piperidine rings is 1. The van der Waals surface area contributed by atoms with Crippen molar-refractivity contribution in [1.29, 1.82) is 0 Å². The summed E-state index contributed by atoms with van der Waals surface area (Å²) >= 11 is 0. The highest BCUT2D eigenvalue weighted by atomic mass is 16.5. The largest absolute Gasteiger partial charge is 0.508 e. The highest BCUT2D eigenvalue weighted by Crippen LogP contribution is 2.50. The van der Waals surface area contributed by atoms with Crippen molar-refractivity contribution in [2.75, 3.05) is 13.1 Å². The van der Waals surface area contributed by atoms with Crippen LogP contribution >= 0.6 is 0 Å². The molecular formula is C18H19NO2. The van der Waals surface area contributed by atoms with Gasteiger partial charge in [0.15, 0.2) is 0 Å². The Bertz CT molecular complexity index is 645. The molecule has 0 bridgehead atoms. The molecule has 1 unspecified atom stereocenters. The second kappa shape index (κ2) is 4.86. The minimum absolute atomic E-state index is 0.0279. The first kappa shape index (κ1) is 12.9. The van der Waals surface area contributed by atoms with Crippen LogP contribution in [-0.4, -0.2) is 18.2 Å². The molecule has 3 heteroatoms. The van der Waals surface area contributed by atoms with Crippen LogP contribution in [0.2, 0.25) is 0 Å². The Balaban J connectivity index is 1.79. The lowest BCUT2D eigenvalue weighted by atomic mass is 9.84.